The summed E-state index contributed by atoms with van der Waals surface area (Å²) in [6.07, 6.45) is 2.99. The van der Waals surface area contributed by atoms with Gasteiger partial charge in [-0.1, -0.05) is 6.07 Å². The van der Waals surface area contributed by atoms with Crippen molar-refractivity contribution < 1.29 is 14.0 Å². The van der Waals surface area contributed by atoms with Gasteiger partial charge < -0.3 is 15.1 Å². The summed E-state index contributed by atoms with van der Waals surface area (Å²) in [5.74, 6) is -0.0157. The molecule has 0 unspecified atom stereocenters. The summed E-state index contributed by atoms with van der Waals surface area (Å²) in [6.45, 7) is 4.26. The van der Waals surface area contributed by atoms with Crippen molar-refractivity contribution in [3.8, 4) is 0 Å². The molecule has 3 rings (SSSR count). The third kappa shape index (κ3) is 4.16. The normalized spacial score (nSPS) is 10.4. The molecule has 2 aromatic heterocycles. The van der Waals surface area contributed by atoms with Crippen LogP contribution in [0.2, 0.25) is 0 Å². The molecule has 0 fully saturated rings. The van der Waals surface area contributed by atoms with E-state index < -0.39 is 0 Å². The van der Waals surface area contributed by atoms with Gasteiger partial charge in [0.25, 0.3) is 11.8 Å². The molecule has 2 heterocycles. The van der Waals surface area contributed by atoms with E-state index in [0.29, 0.717) is 17.0 Å². The van der Waals surface area contributed by atoms with Gasteiger partial charge in [-0.25, -0.2) is 0 Å². The van der Waals surface area contributed by atoms with Gasteiger partial charge in [0.2, 0.25) is 0 Å². The van der Waals surface area contributed by atoms with Gasteiger partial charge >= 0.3 is 0 Å². The zero-order valence-electron chi connectivity index (χ0n) is 14.6. The Labute approximate surface area is 151 Å². The standard InChI is InChI=1S/C20H19N3O3/c1-13-5-6-16(10-14(13)2)23-20(25)18-11-15(7-8-21-18)19(24)22-12-17-4-3-9-26-17/h3-11H,12H2,1-2H3,(H,22,24)(H,23,25). The van der Waals surface area contributed by atoms with Crippen molar-refractivity contribution in [2.24, 2.45) is 0 Å². The monoisotopic (exact) mass is 349 g/mol. The molecule has 0 spiro atoms. The molecule has 2 amide bonds. The first kappa shape index (κ1) is 17.4. The number of benzene rings is 1. The van der Waals surface area contributed by atoms with Gasteiger partial charge in [0.05, 0.1) is 12.8 Å². The van der Waals surface area contributed by atoms with Crippen molar-refractivity contribution >= 4 is 17.5 Å². The lowest BCUT2D eigenvalue weighted by Gasteiger charge is -2.08. The summed E-state index contributed by atoms with van der Waals surface area (Å²) in [5.41, 5.74) is 3.46. The molecular formula is C20H19N3O3. The van der Waals surface area contributed by atoms with Gasteiger partial charge in [0.15, 0.2) is 0 Å². The summed E-state index contributed by atoms with van der Waals surface area (Å²) in [7, 11) is 0. The smallest absolute Gasteiger partial charge is 0.274 e. The number of rotatable bonds is 5. The number of carbonyl (C=O) groups is 2. The number of furan rings is 1. The number of anilines is 1. The van der Waals surface area contributed by atoms with E-state index in [4.69, 9.17) is 4.42 Å². The Morgan fingerprint density at radius 1 is 1.04 bits per heavy atom. The zero-order valence-corrected chi connectivity index (χ0v) is 14.6. The highest BCUT2D eigenvalue weighted by Crippen LogP contribution is 2.15. The fourth-order valence-corrected chi connectivity index (χ4v) is 2.39. The number of amides is 2. The topological polar surface area (TPSA) is 84.2 Å². The van der Waals surface area contributed by atoms with Crippen LogP contribution >= 0.6 is 0 Å². The van der Waals surface area contributed by atoms with Crippen LogP contribution in [-0.2, 0) is 6.54 Å². The lowest BCUT2D eigenvalue weighted by Crippen LogP contribution is -2.23. The minimum absolute atomic E-state index is 0.175. The molecule has 3 aromatic rings. The van der Waals surface area contributed by atoms with E-state index in [1.54, 1.807) is 24.5 Å². The van der Waals surface area contributed by atoms with Crippen LogP contribution in [0, 0.1) is 13.8 Å². The van der Waals surface area contributed by atoms with E-state index in [2.05, 4.69) is 15.6 Å². The van der Waals surface area contributed by atoms with Gasteiger partial charge in [0.1, 0.15) is 11.5 Å². The first-order valence-corrected chi connectivity index (χ1v) is 8.18. The first-order valence-electron chi connectivity index (χ1n) is 8.18. The highest BCUT2D eigenvalue weighted by molar-refractivity contribution is 6.04. The van der Waals surface area contributed by atoms with Gasteiger partial charge in [-0.05, 0) is 61.4 Å². The predicted octanol–water partition coefficient (Wildman–Crippen LogP) is 3.47. The van der Waals surface area contributed by atoms with Gasteiger partial charge in [-0.15, -0.1) is 0 Å². The second kappa shape index (κ2) is 7.65. The minimum Gasteiger partial charge on any atom is -0.467 e. The van der Waals surface area contributed by atoms with Crippen LogP contribution in [0.25, 0.3) is 0 Å². The Hall–Kier alpha value is -3.41. The maximum absolute atomic E-state index is 12.4. The van der Waals surface area contributed by atoms with Crippen molar-refractivity contribution in [2.75, 3.05) is 5.32 Å². The largest absolute Gasteiger partial charge is 0.467 e. The average molecular weight is 349 g/mol. The fourth-order valence-electron chi connectivity index (χ4n) is 2.39. The second-order valence-corrected chi connectivity index (χ2v) is 5.94. The van der Waals surface area contributed by atoms with E-state index in [1.807, 2.05) is 32.0 Å². The first-order chi connectivity index (χ1) is 12.5. The average Bonchev–Trinajstić information content (AvgIpc) is 3.16. The number of aryl methyl sites for hydroxylation is 2. The summed E-state index contributed by atoms with van der Waals surface area (Å²) < 4.78 is 5.17. The van der Waals surface area contributed by atoms with E-state index in [9.17, 15) is 9.59 Å². The van der Waals surface area contributed by atoms with Gasteiger partial charge in [0, 0.05) is 17.4 Å². The van der Waals surface area contributed by atoms with Crippen LogP contribution in [-0.4, -0.2) is 16.8 Å². The highest BCUT2D eigenvalue weighted by Gasteiger charge is 2.12. The van der Waals surface area contributed by atoms with E-state index in [1.165, 1.54) is 12.3 Å². The van der Waals surface area contributed by atoms with Crippen LogP contribution in [0.4, 0.5) is 5.69 Å². The van der Waals surface area contributed by atoms with E-state index in [-0.39, 0.29) is 24.1 Å². The minimum atomic E-state index is -0.367. The lowest BCUT2D eigenvalue weighted by atomic mass is 10.1. The molecular weight excluding hydrogens is 330 g/mol. The number of aromatic nitrogens is 1. The maximum atomic E-state index is 12.4. The summed E-state index contributed by atoms with van der Waals surface area (Å²) in [5, 5.41) is 5.54. The van der Waals surface area contributed by atoms with Crippen LogP contribution in [0.5, 0.6) is 0 Å². The molecule has 132 valence electrons. The lowest BCUT2D eigenvalue weighted by molar-refractivity contribution is 0.0948. The van der Waals surface area contributed by atoms with Crippen molar-refractivity contribution in [1.29, 1.82) is 0 Å². The summed E-state index contributed by atoms with van der Waals surface area (Å²) >= 11 is 0. The molecule has 0 aliphatic rings. The molecule has 2 N–H and O–H groups in total. The fraction of sp³-hybridized carbons (Fsp3) is 0.150. The van der Waals surface area contributed by atoms with Crippen molar-refractivity contribution in [3.63, 3.8) is 0 Å². The molecule has 0 bridgehead atoms. The number of nitrogens with zero attached hydrogens (tertiary/aromatic N) is 1. The number of hydrogen-bond acceptors (Lipinski definition) is 4. The third-order valence-electron chi connectivity index (χ3n) is 4.02. The van der Waals surface area contributed by atoms with Crippen LogP contribution < -0.4 is 10.6 Å². The van der Waals surface area contributed by atoms with Crippen LogP contribution in [0.15, 0.2) is 59.3 Å². The Balaban J connectivity index is 1.68. The molecule has 0 aliphatic heterocycles. The molecule has 0 radical (unpaired) electrons. The molecule has 0 aliphatic carbocycles. The Bertz CT molecular complexity index is 933. The number of hydrogen-bond donors (Lipinski definition) is 2. The molecule has 0 saturated carbocycles. The molecule has 26 heavy (non-hydrogen) atoms. The number of nitrogens with one attached hydrogen (secondary N) is 2. The highest BCUT2D eigenvalue weighted by atomic mass is 16.3. The van der Waals surface area contributed by atoms with Gasteiger partial charge in [-0.2, -0.15) is 0 Å². The summed E-state index contributed by atoms with van der Waals surface area (Å²) in [6, 6.07) is 12.2. The maximum Gasteiger partial charge on any atom is 0.274 e. The molecule has 1 aromatic carbocycles. The van der Waals surface area contributed by atoms with Crippen LogP contribution in [0.1, 0.15) is 37.7 Å². The molecule has 6 nitrogen and oxygen atoms in total. The number of pyridine rings is 1. The van der Waals surface area contributed by atoms with Crippen LogP contribution in [0.3, 0.4) is 0 Å². The van der Waals surface area contributed by atoms with E-state index in [0.717, 1.165) is 11.1 Å². The Morgan fingerprint density at radius 3 is 2.62 bits per heavy atom. The second-order valence-electron chi connectivity index (χ2n) is 5.94. The zero-order chi connectivity index (χ0) is 18.5. The quantitative estimate of drug-likeness (QED) is 0.739. The van der Waals surface area contributed by atoms with Crippen molar-refractivity contribution in [1.82, 2.24) is 10.3 Å². The predicted molar refractivity (Wildman–Crippen MR) is 98.0 cm³/mol. The summed E-state index contributed by atoms with van der Waals surface area (Å²) in [4.78, 5) is 28.7. The third-order valence-corrected chi connectivity index (χ3v) is 4.02. The molecule has 6 heteroatoms. The van der Waals surface area contributed by atoms with Crippen molar-refractivity contribution in [3.05, 3.63) is 83.1 Å². The SMILES string of the molecule is Cc1ccc(NC(=O)c2cc(C(=O)NCc3ccco3)ccn2)cc1C. The van der Waals surface area contributed by atoms with Crippen molar-refractivity contribution in [2.45, 2.75) is 20.4 Å². The van der Waals surface area contributed by atoms with E-state index >= 15 is 0 Å². The molecule has 0 saturated heterocycles. The Morgan fingerprint density at radius 2 is 1.88 bits per heavy atom. The Kier molecular flexibility index (Phi) is 5.12. The number of carbonyl (C=O) groups excluding carboxylic acids is 2. The van der Waals surface area contributed by atoms with Gasteiger partial charge in [-0.3, -0.25) is 14.6 Å². The molecule has 0 atom stereocenters.